The lowest BCUT2D eigenvalue weighted by Crippen LogP contribution is -2.46. The molecule has 0 radical (unpaired) electrons. The van der Waals surface area contributed by atoms with Gasteiger partial charge in [0.15, 0.2) is 0 Å². The van der Waals surface area contributed by atoms with Crippen LogP contribution in [-0.2, 0) is 14.3 Å². The van der Waals surface area contributed by atoms with Gasteiger partial charge in [-0.15, -0.1) is 0 Å². The van der Waals surface area contributed by atoms with E-state index in [1.54, 1.807) is 4.90 Å². The molecule has 1 heterocycles. The molecule has 3 rings (SSSR count). The second-order valence-corrected chi connectivity index (χ2v) is 6.77. The third kappa shape index (κ3) is 3.07. The van der Waals surface area contributed by atoms with Crippen molar-refractivity contribution in [2.24, 2.45) is 5.41 Å². The van der Waals surface area contributed by atoms with E-state index >= 15 is 0 Å². The molecular weight excluding hydrogens is 270 g/mol. The second-order valence-electron chi connectivity index (χ2n) is 6.77. The molecule has 5 nitrogen and oxygen atoms in total. The number of ether oxygens (including phenoxy) is 1. The Labute approximate surface area is 125 Å². The molecule has 0 aromatic rings. The van der Waals surface area contributed by atoms with Gasteiger partial charge in [0.1, 0.15) is 5.41 Å². The zero-order chi connectivity index (χ0) is 14.9. The van der Waals surface area contributed by atoms with E-state index in [1.165, 1.54) is 32.1 Å². The highest BCUT2D eigenvalue weighted by molar-refractivity contribution is 6.04. The molecule has 118 valence electrons. The van der Waals surface area contributed by atoms with E-state index in [0.717, 1.165) is 12.8 Å². The normalized spacial score (nSPS) is 26.6. The summed E-state index contributed by atoms with van der Waals surface area (Å²) >= 11 is 0. The van der Waals surface area contributed by atoms with Gasteiger partial charge in [-0.1, -0.05) is 19.3 Å². The first-order valence-electron chi connectivity index (χ1n) is 8.30. The fourth-order valence-corrected chi connectivity index (χ4v) is 3.62. The highest BCUT2D eigenvalue weighted by Crippen LogP contribution is 2.47. The molecule has 0 atom stereocenters. The van der Waals surface area contributed by atoms with Gasteiger partial charge < -0.3 is 14.7 Å². The number of carbonyl (C=O) groups excluding carboxylic acids is 1. The molecule has 0 bridgehead atoms. The van der Waals surface area contributed by atoms with Crippen molar-refractivity contribution in [3.8, 4) is 0 Å². The molecule has 0 spiro atoms. The van der Waals surface area contributed by atoms with Crippen LogP contribution in [0.1, 0.15) is 57.8 Å². The minimum atomic E-state index is -1.09. The van der Waals surface area contributed by atoms with Gasteiger partial charge in [-0.3, -0.25) is 9.59 Å². The number of carbonyl (C=O) groups is 2. The molecule has 0 unspecified atom stereocenters. The van der Waals surface area contributed by atoms with E-state index in [-0.39, 0.29) is 12.0 Å². The van der Waals surface area contributed by atoms with Crippen molar-refractivity contribution >= 4 is 11.9 Å². The fourth-order valence-electron chi connectivity index (χ4n) is 3.62. The van der Waals surface area contributed by atoms with E-state index < -0.39 is 11.4 Å². The average Bonchev–Trinajstić information content (AvgIpc) is 3.30. The minimum Gasteiger partial charge on any atom is -0.480 e. The lowest BCUT2D eigenvalue weighted by molar-refractivity contribution is -0.155. The topological polar surface area (TPSA) is 66.8 Å². The summed E-state index contributed by atoms with van der Waals surface area (Å²) in [5.41, 5.74) is -1.09. The molecule has 0 aromatic heterocycles. The van der Waals surface area contributed by atoms with Crippen molar-refractivity contribution in [3.63, 3.8) is 0 Å². The van der Waals surface area contributed by atoms with E-state index in [1.807, 2.05) is 0 Å². The summed E-state index contributed by atoms with van der Waals surface area (Å²) < 4.78 is 6.15. The number of carboxylic acid groups (broad SMARTS) is 1. The van der Waals surface area contributed by atoms with Crippen molar-refractivity contribution in [1.29, 1.82) is 0 Å². The lowest BCUT2D eigenvalue weighted by Gasteiger charge is -2.36. The SMILES string of the molecule is O=C(O)C1(C(=O)N2CCC(OC3CCCCC3)CC2)CC1. The van der Waals surface area contributed by atoms with Gasteiger partial charge in [0.05, 0.1) is 12.2 Å². The van der Waals surface area contributed by atoms with Crippen LogP contribution in [0.2, 0.25) is 0 Å². The van der Waals surface area contributed by atoms with Crippen LogP contribution in [0, 0.1) is 5.41 Å². The van der Waals surface area contributed by atoms with Crippen molar-refractivity contribution < 1.29 is 19.4 Å². The minimum absolute atomic E-state index is 0.175. The van der Waals surface area contributed by atoms with Crippen molar-refractivity contribution in [2.45, 2.75) is 70.0 Å². The Kier molecular flexibility index (Phi) is 4.20. The summed E-state index contributed by atoms with van der Waals surface area (Å²) in [6.45, 7) is 1.29. The third-order valence-corrected chi connectivity index (χ3v) is 5.24. The molecule has 5 heteroatoms. The number of nitrogens with zero attached hydrogens (tertiary/aromatic N) is 1. The highest BCUT2D eigenvalue weighted by atomic mass is 16.5. The third-order valence-electron chi connectivity index (χ3n) is 5.24. The fraction of sp³-hybridized carbons (Fsp3) is 0.875. The van der Waals surface area contributed by atoms with Crippen LogP contribution in [0.15, 0.2) is 0 Å². The standard InChI is InChI=1S/C16H25NO4/c18-14(16(8-9-16)15(19)20)17-10-6-13(7-11-17)21-12-4-2-1-3-5-12/h12-13H,1-11H2,(H,19,20). The smallest absolute Gasteiger partial charge is 0.319 e. The van der Waals surface area contributed by atoms with Crippen molar-refractivity contribution in [1.82, 2.24) is 4.90 Å². The molecule has 1 N–H and O–H groups in total. The summed E-state index contributed by atoms with van der Waals surface area (Å²) in [5.74, 6) is -1.13. The number of amides is 1. The monoisotopic (exact) mass is 295 g/mol. The van der Waals surface area contributed by atoms with Crippen molar-refractivity contribution in [3.05, 3.63) is 0 Å². The van der Waals surface area contributed by atoms with Gasteiger partial charge in [-0.05, 0) is 38.5 Å². The molecule has 1 amide bonds. The Morgan fingerprint density at radius 3 is 2.05 bits per heavy atom. The molecule has 3 aliphatic rings. The Morgan fingerprint density at radius 2 is 1.52 bits per heavy atom. The van der Waals surface area contributed by atoms with Crippen LogP contribution >= 0.6 is 0 Å². The van der Waals surface area contributed by atoms with E-state index in [2.05, 4.69) is 0 Å². The number of hydrogen-bond donors (Lipinski definition) is 1. The zero-order valence-corrected chi connectivity index (χ0v) is 12.6. The number of likely N-dealkylation sites (tertiary alicyclic amines) is 1. The highest BCUT2D eigenvalue weighted by Gasteiger charge is 2.58. The number of carboxylic acids is 1. The van der Waals surface area contributed by atoms with Gasteiger partial charge in [0.25, 0.3) is 0 Å². The van der Waals surface area contributed by atoms with Gasteiger partial charge in [-0.2, -0.15) is 0 Å². The summed E-state index contributed by atoms with van der Waals surface area (Å²) in [5, 5.41) is 9.20. The second kappa shape index (κ2) is 5.95. The molecule has 3 fully saturated rings. The van der Waals surface area contributed by atoms with Crippen LogP contribution in [-0.4, -0.2) is 47.2 Å². The molecule has 21 heavy (non-hydrogen) atoms. The average molecular weight is 295 g/mol. The Hall–Kier alpha value is -1.10. The van der Waals surface area contributed by atoms with Gasteiger partial charge in [0, 0.05) is 13.1 Å². The van der Waals surface area contributed by atoms with Crippen LogP contribution in [0.25, 0.3) is 0 Å². The number of hydrogen-bond acceptors (Lipinski definition) is 3. The van der Waals surface area contributed by atoms with Crippen LogP contribution in [0.5, 0.6) is 0 Å². The lowest BCUT2D eigenvalue weighted by atomic mass is 9.97. The summed E-state index contributed by atoms with van der Waals surface area (Å²) in [6.07, 6.45) is 9.53. The molecule has 1 aliphatic heterocycles. The maximum atomic E-state index is 12.3. The van der Waals surface area contributed by atoms with Gasteiger partial charge in [-0.25, -0.2) is 0 Å². The quantitative estimate of drug-likeness (QED) is 0.807. The van der Waals surface area contributed by atoms with Crippen LogP contribution in [0.4, 0.5) is 0 Å². The van der Waals surface area contributed by atoms with Gasteiger partial charge >= 0.3 is 5.97 Å². The Balaban J connectivity index is 1.46. The number of piperidine rings is 1. The molecule has 1 saturated heterocycles. The van der Waals surface area contributed by atoms with E-state index in [9.17, 15) is 14.7 Å². The first kappa shape index (κ1) is 14.8. The van der Waals surface area contributed by atoms with Crippen LogP contribution < -0.4 is 0 Å². The van der Waals surface area contributed by atoms with Gasteiger partial charge in [0.2, 0.25) is 5.91 Å². The molecular formula is C16H25NO4. The summed E-state index contributed by atoms with van der Waals surface area (Å²) in [7, 11) is 0. The molecule has 2 saturated carbocycles. The predicted octanol–water partition coefficient (Wildman–Crippen LogP) is 2.19. The largest absolute Gasteiger partial charge is 0.480 e. The van der Waals surface area contributed by atoms with Crippen molar-refractivity contribution in [2.75, 3.05) is 13.1 Å². The first-order valence-corrected chi connectivity index (χ1v) is 8.30. The molecule has 2 aliphatic carbocycles. The molecule has 0 aromatic carbocycles. The maximum Gasteiger partial charge on any atom is 0.319 e. The van der Waals surface area contributed by atoms with E-state index in [0.29, 0.717) is 32.0 Å². The zero-order valence-electron chi connectivity index (χ0n) is 12.6. The Morgan fingerprint density at radius 1 is 0.952 bits per heavy atom. The maximum absolute atomic E-state index is 12.3. The van der Waals surface area contributed by atoms with Crippen LogP contribution in [0.3, 0.4) is 0 Å². The summed E-state index contributed by atoms with van der Waals surface area (Å²) in [6, 6.07) is 0. The first-order chi connectivity index (χ1) is 10.1. The Bertz CT molecular complexity index is 405. The predicted molar refractivity (Wildman–Crippen MR) is 76.9 cm³/mol. The summed E-state index contributed by atoms with van der Waals surface area (Å²) in [4.78, 5) is 25.3. The number of rotatable bonds is 4. The van der Waals surface area contributed by atoms with E-state index in [4.69, 9.17) is 4.74 Å². The number of aliphatic carboxylic acids is 1.